The minimum atomic E-state index is -3.08. The van der Waals surface area contributed by atoms with E-state index in [0.717, 1.165) is 7.11 Å². The molecule has 1 rings (SSSR count). The largest absolute Gasteiger partial charge is 0.465 e. The highest BCUT2D eigenvalue weighted by Gasteiger charge is 2.21. The van der Waals surface area contributed by atoms with Crippen molar-refractivity contribution in [1.29, 1.82) is 5.26 Å². The molecule has 4 nitrogen and oxygen atoms in total. The van der Waals surface area contributed by atoms with Crippen molar-refractivity contribution in [3.8, 4) is 11.8 Å². The molecular weight excluding hydrogens is 312 g/mol. The maximum absolute atomic E-state index is 12.3. The first kappa shape index (κ1) is 14.4. The fourth-order valence-electron chi connectivity index (χ4n) is 1.35. The second-order valence-corrected chi connectivity index (χ2v) is 3.65. The Bertz CT molecular complexity index is 500. The Labute approximate surface area is 110 Å². The van der Waals surface area contributed by atoms with Crippen LogP contribution < -0.4 is 4.74 Å². The van der Waals surface area contributed by atoms with E-state index in [-0.39, 0.29) is 22.2 Å². The van der Waals surface area contributed by atoms with Gasteiger partial charge in [-0.2, -0.15) is 14.0 Å². The van der Waals surface area contributed by atoms with Crippen molar-refractivity contribution in [2.75, 3.05) is 7.11 Å². The summed E-state index contributed by atoms with van der Waals surface area (Å²) in [4.78, 5) is 11.4. The number of carbonyl (C=O) groups excluding carboxylic acids is 1. The number of carbonyl (C=O) groups is 1. The molecule has 0 N–H and O–H groups in total. The Morgan fingerprint density at radius 1 is 1.56 bits per heavy atom. The SMILES string of the molecule is COC(=O)c1ccc(CBr)c(OC(F)F)c1C#N. The zero-order valence-corrected chi connectivity index (χ0v) is 10.8. The highest BCUT2D eigenvalue weighted by atomic mass is 79.9. The molecule has 0 fully saturated rings. The van der Waals surface area contributed by atoms with Crippen molar-refractivity contribution in [1.82, 2.24) is 0 Å². The molecule has 7 heteroatoms. The number of benzene rings is 1. The lowest BCUT2D eigenvalue weighted by molar-refractivity contribution is -0.0505. The molecule has 0 aliphatic heterocycles. The van der Waals surface area contributed by atoms with E-state index in [1.165, 1.54) is 12.1 Å². The molecule has 96 valence electrons. The molecule has 0 saturated carbocycles. The Balaban J connectivity index is 3.43. The van der Waals surface area contributed by atoms with Gasteiger partial charge in [-0.3, -0.25) is 0 Å². The van der Waals surface area contributed by atoms with Gasteiger partial charge in [-0.15, -0.1) is 0 Å². The smallest absolute Gasteiger partial charge is 0.387 e. The summed E-state index contributed by atoms with van der Waals surface area (Å²) in [5, 5.41) is 9.19. The quantitative estimate of drug-likeness (QED) is 0.632. The Morgan fingerprint density at radius 2 is 2.22 bits per heavy atom. The molecule has 0 atom stereocenters. The predicted octanol–water partition coefficient (Wildman–Crippen LogP) is 2.84. The van der Waals surface area contributed by atoms with E-state index in [1.807, 2.05) is 0 Å². The van der Waals surface area contributed by atoms with Crippen LogP contribution in [0.25, 0.3) is 0 Å². The number of nitriles is 1. The number of alkyl halides is 3. The normalized spacial score (nSPS) is 10.0. The zero-order valence-electron chi connectivity index (χ0n) is 9.25. The van der Waals surface area contributed by atoms with Gasteiger partial charge in [-0.25, -0.2) is 4.79 Å². The van der Waals surface area contributed by atoms with Crippen LogP contribution in [-0.4, -0.2) is 19.7 Å². The first-order valence-corrected chi connectivity index (χ1v) is 5.82. The molecule has 0 amide bonds. The molecular formula is C11H8BrF2NO3. The van der Waals surface area contributed by atoms with E-state index in [9.17, 15) is 13.6 Å². The van der Waals surface area contributed by atoms with Gasteiger partial charge in [0.1, 0.15) is 17.4 Å². The fraction of sp³-hybridized carbons (Fsp3) is 0.273. The van der Waals surface area contributed by atoms with Crippen molar-refractivity contribution in [3.05, 3.63) is 28.8 Å². The van der Waals surface area contributed by atoms with Gasteiger partial charge in [-0.05, 0) is 6.07 Å². The van der Waals surface area contributed by atoms with Gasteiger partial charge in [0.15, 0.2) is 0 Å². The lowest BCUT2D eigenvalue weighted by Crippen LogP contribution is -2.10. The van der Waals surface area contributed by atoms with Crippen LogP contribution >= 0.6 is 15.9 Å². The van der Waals surface area contributed by atoms with Crippen LogP contribution in [0.3, 0.4) is 0 Å². The van der Waals surface area contributed by atoms with Crippen LogP contribution in [0.2, 0.25) is 0 Å². The van der Waals surface area contributed by atoms with Crippen molar-refractivity contribution >= 4 is 21.9 Å². The average molecular weight is 320 g/mol. The molecule has 0 unspecified atom stereocenters. The number of halogens is 3. The number of esters is 1. The van der Waals surface area contributed by atoms with Gasteiger partial charge in [0, 0.05) is 10.9 Å². The molecule has 18 heavy (non-hydrogen) atoms. The van der Waals surface area contributed by atoms with Gasteiger partial charge < -0.3 is 9.47 Å². The monoisotopic (exact) mass is 319 g/mol. The van der Waals surface area contributed by atoms with Gasteiger partial charge in [0.25, 0.3) is 0 Å². The number of ether oxygens (including phenoxy) is 2. The number of hydrogen-bond donors (Lipinski definition) is 0. The number of hydrogen-bond acceptors (Lipinski definition) is 4. The predicted molar refractivity (Wildman–Crippen MR) is 61.8 cm³/mol. The van der Waals surface area contributed by atoms with E-state index in [4.69, 9.17) is 5.26 Å². The van der Waals surface area contributed by atoms with Crippen molar-refractivity contribution in [2.45, 2.75) is 11.9 Å². The molecule has 0 saturated heterocycles. The Hall–Kier alpha value is -1.68. The molecule has 0 radical (unpaired) electrons. The highest BCUT2D eigenvalue weighted by Crippen LogP contribution is 2.30. The van der Waals surface area contributed by atoms with Crippen LogP contribution in [0, 0.1) is 11.3 Å². The number of rotatable bonds is 4. The molecule has 1 aromatic carbocycles. The van der Waals surface area contributed by atoms with Crippen molar-refractivity contribution < 1.29 is 23.0 Å². The lowest BCUT2D eigenvalue weighted by atomic mass is 10.0. The van der Waals surface area contributed by atoms with Crippen molar-refractivity contribution in [2.24, 2.45) is 0 Å². The molecule has 1 aromatic rings. The fourth-order valence-corrected chi connectivity index (χ4v) is 1.79. The number of methoxy groups -OCH3 is 1. The summed E-state index contributed by atoms with van der Waals surface area (Å²) in [6.45, 7) is -3.08. The zero-order chi connectivity index (χ0) is 13.7. The third kappa shape index (κ3) is 2.96. The maximum Gasteiger partial charge on any atom is 0.387 e. The summed E-state index contributed by atoms with van der Waals surface area (Å²) < 4.78 is 33.4. The van der Waals surface area contributed by atoms with E-state index in [0.29, 0.717) is 5.56 Å². The van der Waals surface area contributed by atoms with Crippen LogP contribution in [0.4, 0.5) is 8.78 Å². The van der Waals surface area contributed by atoms with Gasteiger partial charge in [-0.1, -0.05) is 22.0 Å². The van der Waals surface area contributed by atoms with Gasteiger partial charge >= 0.3 is 12.6 Å². The standard InChI is InChI=1S/C11H8BrF2NO3/c1-17-10(16)7-3-2-6(4-12)9(8(7)5-15)18-11(13)14/h2-3,11H,4H2,1H3. The minimum Gasteiger partial charge on any atom is -0.465 e. The summed E-state index contributed by atoms with van der Waals surface area (Å²) >= 11 is 3.09. The summed E-state index contributed by atoms with van der Waals surface area (Å²) in [6, 6.07) is 4.43. The average Bonchev–Trinajstić information content (AvgIpc) is 2.36. The van der Waals surface area contributed by atoms with Crippen LogP contribution in [0.1, 0.15) is 21.5 Å². The number of nitrogens with zero attached hydrogens (tertiary/aromatic N) is 1. The van der Waals surface area contributed by atoms with Crippen LogP contribution in [0.5, 0.6) is 5.75 Å². The van der Waals surface area contributed by atoms with E-state index >= 15 is 0 Å². The lowest BCUT2D eigenvalue weighted by Gasteiger charge is -2.13. The van der Waals surface area contributed by atoms with Gasteiger partial charge in [0.2, 0.25) is 0 Å². The van der Waals surface area contributed by atoms with E-state index in [1.54, 1.807) is 6.07 Å². The molecule has 0 aliphatic carbocycles. The first-order chi connectivity index (χ1) is 8.54. The second kappa shape index (κ2) is 6.31. The highest BCUT2D eigenvalue weighted by molar-refractivity contribution is 9.08. The van der Waals surface area contributed by atoms with E-state index in [2.05, 4.69) is 25.4 Å². The Kier molecular flexibility index (Phi) is 5.04. The maximum atomic E-state index is 12.3. The molecule has 0 aliphatic rings. The summed E-state index contributed by atoms with van der Waals surface area (Å²) in [6.07, 6.45) is 0. The molecule has 0 heterocycles. The molecule has 0 aromatic heterocycles. The second-order valence-electron chi connectivity index (χ2n) is 3.09. The van der Waals surface area contributed by atoms with Crippen LogP contribution in [0.15, 0.2) is 12.1 Å². The van der Waals surface area contributed by atoms with Crippen molar-refractivity contribution in [3.63, 3.8) is 0 Å². The minimum absolute atomic E-state index is 0.111. The Morgan fingerprint density at radius 3 is 2.67 bits per heavy atom. The van der Waals surface area contributed by atoms with Crippen LogP contribution in [-0.2, 0) is 10.1 Å². The summed E-state index contributed by atoms with van der Waals surface area (Å²) in [5.41, 5.74) is -0.0287. The van der Waals surface area contributed by atoms with Gasteiger partial charge in [0.05, 0.1) is 12.7 Å². The third-order valence-electron chi connectivity index (χ3n) is 2.11. The summed E-state index contributed by atoms with van der Waals surface area (Å²) in [7, 11) is 1.13. The summed E-state index contributed by atoms with van der Waals surface area (Å²) in [5.74, 6) is -1.10. The topological polar surface area (TPSA) is 59.3 Å². The molecule has 0 bridgehead atoms. The third-order valence-corrected chi connectivity index (χ3v) is 2.71. The van der Waals surface area contributed by atoms with E-state index < -0.39 is 12.6 Å². The molecule has 0 spiro atoms. The first-order valence-electron chi connectivity index (χ1n) is 4.70.